The van der Waals surface area contributed by atoms with Crippen LogP contribution in [0.25, 0.3) is 0 Å². The summed E-state index contributed by atoms with van der Waals surface area (Å²) in [4.78, 5) is 14.9. The molecule has 2 aromatic carbocycles. The van der Waals surface area contributed by atoms with Crippen molar-refractivity contribution < 1.29 is 17.9 Å². The van der Waals surface area contributed by atoms with E-state index in [0.29, 0.717) is 29.3 Å². The molecule has 0 unspecified atom stereocenters. The number of hydrogen-bond acceptors (Lipinski definition) is 4. The summed E-state index contributed by atoms with van der Waals surface area (Å²) < 4.78 is 29.6. The molecule has 1 fully saturated rings. The molecule has 0 spiro atoms. The topological polar surface area (TPSA) is 63.7 Å². The lowest BCUT2D eigenvalue weighted by atomic mass is 10.1. The molecule has 7 heteroatoms. The van der Waals surface area contributed by atoms with Crippen molar-refractivity contribution in [2.75, 3.05) is 11.5 Å². The number of carbonyl (C=O) groups is 1. The molecule has 0 bridgehead atoms. The van der Waals surface area contributed by atoms with Crippen molar-refractivity contribution in [2.24, 2.45) is 0 Å². The third-order valence-corrected chi connectivity index (χ3v) is 6.65. The van der Waals surface area contributed by atoms with Gasteiger partial charge >= 0.3 is 0 Å². The molecule has 1 aliphatic heterocycles. The van der Waals surface area contributed by atoms with E-state index in [4.69, 9.17) is 16.3 Å². The minimum Gasteiger partial charge on any atom is -0.491 e. The second-order valence-corrected chi connectivity index (χ2v) is 9.97. The zero-order valence-electron chi connectivity index (χ0n) is 16.0. The molecule has 150 valence electrons. The Morgan fingerprint density at radius 3 is 2.32 bits per heavy atom. The van der Waals surface area contributed by atoms with Gasteiger partial charge < -0.3 is 9.64 Å². The molecule has 1 heterocycles. The van der Waals surface area contributed by atoms with Gasteiger partial charge in [0.1, 0.15) is 5.75 Å². The second-order valence-electron chi connectivity index (χ2n) is 7.31. The number of hydrogen-bond donors (Lipinski definition) is 0. The van der Waals surface area contributed by atoms with Crippen LogP contribution in [0, 0.1) is 0 Å². The van der Waals surface area contributed by atoms with Crippen LogP contribution in [0.2, 0.25) is 5.02 Å². The van der Waals surface area contributed by atoms with Crippen molar-refractivity contribution in [1.82, 2.24) is 4.90 Å². The van der Waals surface area contributed by atoms with Crippen molar-refractivity contribution in [3.05, 3.63) is 64.7 Å². The van der Waals surface area contributed by atoms with E-state index in [0.717, 1.165) is 5.56 Å². The number of amides is 1. The average Bonchev–Trinajstić information content (AvgIpc) is 3.00. The number of halogens is 1. The molecule has 28 heavy (non-hydrogen) atoms. The minimum atomic E-state index is -3.11. The highest BCUT2D eigenvalue weighted by Crippen LogP contribution is 2.24. The maximum atomic E-state index is 13.2. The fourth-order valence-electron chi connectivity index (χ4n) is 3.29. The molecule has 0 radical (unpaired) electrons. The van der Waals surface area contributed by atoms with Crippen LogP contribution in [-0.2, 0) is 16.4 Å². The van der Waals surface area contributed by atoms with Crippen LogP contribution in [0.4, 0.5) is 0 Å². The van der Waals surface area contributed by atoms with Gasteiger partial charge in [-0.15, -0.1) is 0 Å². The lowest BCUT2D eigenvalue weighted by Gasteiger charge is -2.28. The fraction of sp³-hybridized carbons (Fsp3) is 0.381. The third-order valence-electron chi connectivity index (χ3n) is 4.65. The monoisotopic (exact) mass is 421 g/mol. The largest absolute Gasteiger partial charge is 0.491 e. The van der Waals surface area contributed by atoms with Crippen LogP contribution in [-0.4, -0.2) is 42.9 Å². The Hall–Kier alpha value is -2.05. The van der Waals surface area contributed by atoms with Crippen LogP contribution >= 0.6 is 11.6 Å². The van der Waals surface area contributed by atoms with Crippen LogP contribution in [0.3, 0.4) is 0 Å². The van der Waals surface area contributed by atoms with Gasteiger partial charge in [0, 0.05) is 23.2 Å². The smallest absolute Gasteiger partial charge is 0.254 e. The van der Waals surface area contributed by atoms with Crippen LogP contribution in [0.1, 0.15) is 36.2 Å². The zero-order chi connectivity index (χ0) is 20.3. The van der Waals surface area contributed by atoms with E-state index in [2.05, 4.69) is 0 Å². The number of sulfone groups is 1. The number of carbonyl (C=O) groups excluding carboxylic acids is 1. The lowest BCUT2D eigenvalue weighted by molar-refractivity contribution is 0.0681. The third kappa shape index (κ3) is 5.26. The molecule has 1 amide bonds. The normalized spacial score (nSPS) is 18.2. The Bertz CT molecular complexity index is 924. The Kier molecular flexibility index (Phi) is 6.30. The summed E-state index contributed by atoms with van der Waals surface area (Å²) in [6, 6.07) is 13.9. The summed E-state index contributed by atoms with van der Waals surface area (Å²) in [6.07, 6.45) is 0.502. The van der Waals surface area contributed by atoms with Gasteiger partial charge in [0.25, 0.3) is 5.91 Å². The fourth-order valence-corrected chi connectivity index (χ4v) is 5.15. The van der Waals surface area contributed by atoms with Gasteiger partial charge in [0.15, 0.2) is 9.84 Å². The highest BCUT2D eigenvalue weighted by atomic mass is 35.5. The van der Waals surface area contributed by atoms with E-state index in [1.807, 2.05) is 26.0 Å². The van der Waals surface area contributed by atoms with E-state index in [1.165, 1.54) is 0 Å². The van der Waals surface area contributed by atoms with Gasteiger partial charge in [0.05, 0.1) is 17.6 Å². The van der Waals surface area contributed by atoms with Gasteiger partial charge in [-0.25, -0.2) is 8.42 Å². The molecular formula is C21H24ClNO4S. The molecule has 1 saturated heterocycles. The summed E-state index contributed by atoms with van der Waals surface area (Å²) >= 11 is 5.95. The Balaban J connectivity index is 1.84. The molecule has 0 N–H and O–H groups in total. The summed E-state index contributed by atoms with van der Waals surface area (Å²) in [5.74, 6) is 0.622. The van der Waals surface area contributed by atoms with E-state index in [1.54, 1.807) is 41.3 Å². The first-order valence-corrected chi connectivity index (χ1v) is 11.5. The Morgan fingerprint density at radius 1 is 1.14 bits per heavy atom. The van der Waals surface area contributed by atoms with E-state index < -0.39 is 9.84 Å². The first-order valence-electron chi connectivity index (χ1n) is 9.26. The van der Waals surface area contributed by atoms with Crippen molar-refractivity contribution in [1.29, 1.82) is 0 Å². The summed E-state index contributed by atoms with van der Waals surface area (Å²) in [5, 5.41) is 0.616. The molecule has 0 aromatic heterocycles. The SMILES string of the molecule is CC(C)Oc1ccc(C(=O)N(Cc2ccc(Cl)cc2)[C@H]2CCS(=O)(=O)C2)cc1. The van der Waals surface area contributed by atoms with Crippen LogP contribution < -0.4 is 4.74 Å². The molecule has 2 aromatic rings. The summed E-state index contributed by atoms with van der Waals surface area (Å²) in [7, 11) is -3.11. The van der Waals surface area contributed by atoms with E-state index in [-0.39, 0.29) is 29.6 Å². The Morgan fingerprint density at radius 2 is 1.79 bits per heavy atom. The number of nitrogens with zero attached hydrogens (tertiary/aromatic N) is 1. The van der Waals surface area contributed by atoms with Gasteiger partial charge in [0.2, 0.25) is 0 Å². The maximum Gasteiger partial charge on any atom is 0.254 e. The molecule has 3 rings (SSSR count). The second kappa shape index (κ2) is 8.53. The van der Waals surface area contributed by atoms with E-state index in [9.17, 15) is 13.2 Å². The number of benzene rings is 2. The van der Waals surface area contributed by atoms with Gasteiger partial charge in [-0.3, -0.25) is 4.79 Å². The van der Waals surface area contributed by atoms with E-state index >= 15 is 0 Å². The molecule has 0 saturated carbocycles. The van der Waals surface area contributed by atoms with Gasteiger partial charge in [-0.1, -0.05) is 23.7 Å². The highest BCUT2D eigenvalue weighted by molar-refractivity contribution is 7.91. The van der Waals surface area contributed by atoms with Crippen LogP contribution in [0.15, 0.2) is 48.5 Å². The molecule has 1 atom stereocenters. The average molecular weight is 422 g/mol. The van der Waals surface area contributed by atoms with Crippen molar-refractivity contribution >= 4 is 27.3 Å². The highest BCUT2D eigenvalue weighted by Gasteiger charge is 2.35. The summed E-state index contributed by atoms with van der Waals surface area (Å²) in [6.45, 7) is 4.21. The van der Waals surface area contributed by atoms with Gasteiger partial charge in [-0.2, -0.15) is 0 Å². The molecule has 1 aliphatic rings. The first kappa shape index (κ1) is 20.7. The standard InChI is InChI=1S/C21H24ClNO4S/c1-15(2)27-20-9-5-17(6-10-20)21(24)23(19-11-12-28(25,26)14-19)13-16-3-7-18(22)8-4-16/h3-10,15,19H,11-14H2,1-2H3/t19-/m0/s1. The lowest BCUT2D eigenvalue weighted by Crippen LogP contribution is -2.40. The predicted octanol–water partition coefficient (Wildman–Crippen LogP) is 3.96. The Labute approximate surface area is 171 Å². The van der Waals surface area contributed by atoms with Crippen molar-refractivity contribution in [3.8, 4) is 5.75 Å². The first-order chi connectivity index (χ1) is 13.2. The van der Waals surface area contributed by atoms with Crippen molar-refractivity contribution in [2.45, 2.75) is 39.0 Å². The zero-order valence-corrected chi connectivity index (χ0v) is 17.5. The number of ether oxygens (including phenoxy) is 1. The predicted molar refractivity (Wildman–Crippen MR) is 111 cm³/mol. The van der Waals surface area contributed by atoms with Crippen molar-refractivity contribution in [3.63, 3.8) is 0 Å². The van der Waals surface area contributed by atoms with Gasteiger partial charge in [-0.05, 0) is 62.2 Å². The summed E-state index contributed by atoms with van der Waals surface area (Å²) in [5.41, 5.74) is 1.41. The minimum absolute atomic E-state index is 0.000867. The molecular weight excluding hydrogens is 398 g/mol. The number of rotatable bonds is 6. The molecule has 0 aliphatic carbocycles. The maximum absolute atomic E-state index is 13.2. The molecule has 5 nitrogen and oxygen atoms in total. The van der Waals surface area contributed by atoms with Crippen LogP contribution in [0.5, 0.6) is 5.75 Å². The quantitative estimate of drug-likeness (QED) is 0.708.